The minimum absolute atomic E-state index is 0.0748. The van der Waals surface area contributed by atoms with Gasteiger partial charge in [-0.15, -0.1) is 0 Å². The van der Waals surface area contributed by atoms with Gasteiger partial charge in [0.2, 0.25) is 0 Å². The second-order valence-corrected chi connectivity index (χ2v) is 10.0. The monoisotopic (exact) mass is 550 g/mol. The molecule has 1 aromatic heterocycles. The molecule has 0 spiro atoms. The number of carbonyl (C=O) groups is 1. The van der Waals surface area contributed by atoms with Gasteiger partial charge in [-0.05, 0) is 58.0 Å². The molecular weight excluding hydrogens is 524 g/mol. The Labute approximate surface area is 223 Å². The maximum Gasteiger partial charge on any atom is 0.405 e. The standard InChI is InChI=1S/C27H27ClF4N4O2/c1-16-23(25(37)34-26(2,3)4)35-36(24(16)18-8-10-19(28)11-9-18)21-12-7-17(14-20(21)29)6-5-13-38-15-22(33)27(30,31)32/h7-12,14,22H,13,15,33H2,1-4H3,(H,34,37)/t22-/m1/s1. The normalized spacial score (nSPS) is 12.6. The van der Waals surface area contributed by atoms with Crippen LogP contribution in [0.3, 0.4) is 0 Å². The topological polar surface area (TPSA) is 82.2 Å². The summed E-state index contributed by atoms with van der Waals surface area (Å²) in [5.41, 5.74) is 6.68. The number of nitrogens with one attached hydrogen (secondary N) is 1. The molecule has 1 amide bonds. The van der Waals surface area contributed by atoms with Gasteiger partial charge in [0, 0.05) is 27.3 Å². The second kappa shape index (κ2) is 11.6. The number of halogens is 5. The summed E-state index contributed by atoms with van der Waals surface area (Å²) in [5.74, 6) is 4.11. The molecule has 0 unspecified atom stereocenters. The molecule has 38 heavy (non-hydrogen) atoms. The molecule has 1 heterocycles. The Hall–Kier alpha value is -3.39. The van der Waals surface area contributed by atoms with Gasteiger partial charge >= 0.3 is 6.18 Å². The van der Waals surface area contributed by atoms with Crippen LogP contribution in [0.4, 0.5) is 17.6 Å². The summed E-state index contributed by atoms with van der Waals surface area (Å²) in [6.07, 6.45) is -4.56. The lowest BCUT2D eigenvalue weighted by atomic mass is 10.0. The molecule has 0 aliphatic carbocycles. The number of amides is 1. The fourth-order valence-electron chi connectivity index (χ4n) is 3.46. The SMILES string of the molecule is Cc1c(C(=O)NC(C)(C)C)nn(-c2ccc(C#CCOC[C@@H](N)C(F)(F)F)cc2F)c1-c1ccc(Cl)cc1. The Morgan fingerprint density at radius 2 is 1.84 bits per heavy atom. The van der Waals surface area contributed by atoms with Crippen molar-refractivity contribution in [2.24, 2.45) is 5.73 Å². The quantitative estimate of drug-likeness (QED) is 0.244. The lowest BCUT2D eigenvalue weighted by Gasteiger charge is -2.19. The van der Waals surface area contributed by atoms with Gasteiger partial charge in [-0.25, -0.2) is 9.07 Å². The lowest BCUT2D eigenvalue weighted by molar-refractivity contribution is -0.158. The van der Waals surface area contributed by atoms with Gasteiger partial charge in [0.05, 0.1) is 12.3 Å². The Morgan fingerprint density at radius 3 is 2.42 bits per heavy atom. The number of nitrogens with two attached hydrogens (primary N) is 1. The molecule has 3 N–H and O–H groups in total. The number of rotatable bonds is 6. The molecule has 202 valence electrons. The van der Waals surface area contributed by atoms with E-state index in [1.54, 1.807) is 31.2 Å². The van der Waals surface area contributed by atoms with E-state index in [-0.39, 0.29) is 23.6 Å². The fourth-order valence-corrected chi connectivity index (χ4v) is 3.58. The van der Waals surface area contributed by atoms with Crippen molar-refractivity contribution in [1.82, 2.24) is 15.1 Å². The van der Waals surface area contributed by atoms with Crippen LogP contribution in [0.25, 0.3) is 16.9 Å². The first-order chi connectivity index (χ1) is 17.7. The Bertz CT molecular complexity index is 1370. The third-order valence-corrected chi connectivity index (χ3v) is 5.50. The van der Waals surface area contributed by atoms with E-state index in [1.807, 2.05) is 20.8 Å². The number of carbonyl (C=O) groups excluding carboxylic acids is 1. The summed E-state index contributed by atoms with van der Waals surface area (Å²) in [5, 5.41) is 7.83. The van der Waals surface area contributed by atoms with Gasteiger partial charge in [-0.3, -0.25) is 4.79 Å². The summed E-state index contributed by atoms with van der Waals surface area (Å²) in [6.45, 7) is 6.21. The van der Waals surface area contributed by atoms with Crippen LogP contribution in [0.5, 0.6) is 0 Å². The van der Waals surface area contributed by atoms with Crippen LogP contribution < -0.4 is 11.1 Å². The molecule has 11 heteroatoms. The van der Waals surface area contributed by atoms with Crippen LogP contribution in [0.1, 0.15) is 42.4 Å². The van der Waals surface area contributed by atoms with E-state index in [9.17, 15) is 18.0 Å². The van der Waals surface area contributed by atoms with Crippen LogP contribution in [0.2, 0.25) is 5.02 Å². The summed E-state index contributed by atoms with van der Waals surface area (Å²) >= 11 is 6.04. The highest BCUT2D eigenvalue weighted by Gasteiger charge is 2.36. The van der Waals surface area contributed by atoms with E-state index < -0.39 is 36.1 Å². The molecule has 0 aliphatic heterocycles. The van der Waals surface area contributed by atoms with E-state index in [0.29, 0.717) is 21.8 Å². The van der Waals surface area contributed by atoms with Crippen LogP contribution >= 0.6 is 11.6 Å². The Balaban J connectivity index is 1.93. The van der Waals surface area contributed by atoms with Gasteiger partial charge in [-0.2, -0.15) is 18.3 Å². The number of benzene rings is 2. The highest BCUT2D eigenvalue weighted by atomic mass is 35.5. The number of hydrogen-bond donors (Lipinski definition) is 2. The summed E-state index contributed by atoms with van der Waals surface area (Å²) < 4.78 is 58.8. The summed E-state index contributed by atoms with van der Waals surface area (Å²) in [4.78, 5) is 13.0. The molecule has 0 fully saturated rings. The number of hydrogen-bond acceptors (Lipinski definition) is 4. The van der Waals surface area contributed by atoms with Gasteiger partial charge in [0.1, 0.15) is 24.2 Å². The van der Waals surface area contributed by atoms with Crippen LogP contribution in [-0.4, -0.2) is 46.7 Å². The van der Waals surface area contributed by atoms with Crippen molar-refractivity contribution in [1.29, 1.82) is 0 Å². The van der Waals surface area contributed by atoms with Gasteiger partial charge < -0.3 is 15.8 Å². The van der Waals surface area contributed by atoms with Crippen LogP contribution in [0, 0.1) is 24.6 Å². The zero-order valence-corrected chi connectivity index (χ0v) is 22.0. The van der Waals surface area contributed by atoms with Crippen molar-refractivity contribution in [2.75, 3.05) is 13.2 Å². The molecule has 3 aromatic rings. The molecule has 0 saturated carbocycles. The molecule has 3 rings (SSSR count). The molecule has 0 saturated heterocycles. The number of nitrogens with zero attached hydrogens (tertiary/aromatic N) is 2. The minimum atomic E-state index is -4.56. The Morgan fingerprint density at radius 1 is 1.18 bits per heavy atom. The predicted octanol–water partition coefficient (Wildman–Crippen LogP) is 5.43. The van der Waals surface area contributed by atoms with Gasteiger partial charge in [0.25, 0.3) is 5.91 Å². The number of aromatic nitrogens is 2. The van der Waals surface area contributed by atoms with Gasteiger partial charge in [0.15, 0.2) is 5.69 Å². The first kappa shape index (κ1) is 29.2. The second-order valence-electron chi connectivity index (χ2n) is 9.58. The molecule has 0 radical (unpaired) electrons. The lowest BCUT2D eigenvalue weighted by Crippen LogP contribution is -2.41. The largest absolute Gasteiger partial charge is 0.405 e. The molecule has 0 aliphatic rings. The van der Waals surface area contributed by atoms with Crippen LogP contribution in [0.15, 0.2) is 42.5 Å². The van der Waals surface area contributed by atoms with E-state index in [4.69, 9.17) is 22.1 Å². The predicted molar refractivity (Wildman–Crippen MR) is 138 cm³/mol. The highest BCUT2D eigenvalue weighted by molar-refractivity contribution is 6.30. The van der Waals surface area contributed by atoms with Crippen molar-refractivity contribution in [3.05, 3.63) is 70.1 Å². The van der Waals surface area contributed by atoms with E-state index in [2.05, 4.69) is 22.3 Å². The third kappa shape index (κ3) is 7.34. The fraction of sp³-hybridized carbons (Fsp3) is 0.333. The van der Waals surface area contributed by atoms with Crippen molar-refractivity contribution in [2.45, 2.75) is 45.5 Å². The van der Waals surface area contributed by atoms with Crippen molar-refractivity contribution >= 4 is 17.5 Å². The minimum Gasteiger partial charge on any atom is -0.367 e. The van der Waals surface area contributed by atoms with Gasteiger partial charge in [-0.1, -0.05) is 35.6 Å². The maximum atomic E-state index is 15.3. The molecule has 6 nitrogen and oxygen atoms in total. The first-order valence-electron chi connectivity index (χ1n) is 11.5. The Kier molecular flexibility index (Phi) is 8.87. The zero-order chi connectivity index (χ0) is 28.3. The smallest absolute Gasteiger partial charge is 0.367 e. The van der Waals surface area contributed by atoms with E-state index in [1.165, 1.54) is 22.9 Å². The molecule has 1 atom stereocenters. The first-order valence-corrected chi connectivity index (χ1v) is 11.9. The molecular formula is C27H27ClF4N4O2. The number of alkyl halides is 3. The van der Waals surface area contributed by atoms with E-state index >= 15 is 4.39 Å². The third-order valence-electron chi connectivity index (χ3n) is 5.24. The summed E-state index contributed by atoms with van der Waals surface area (Å²) in [7, 11) is 0. The highest BCUT2D eigenvalue weighted by Crippen LogP contribution is 2.31. The van der Waals surface area contributed by atoms with Crippen LogP contribution in [-0.2, 0) is 4.74 Å². The molecule has 2 aromatic carbocycles. The molecule has 0 bridgehead atoms. The zero-order valence-electron chi connectivity index (χ0n) is 21.2. The van der Waals surface area contributed by atoms with Crippen molar-refractivity contribution in [3.8, 4) is 28.8 Å². The average molecular weight is 551 g/mol. The van der Waals surface area contributed by atoms with Crippen molar-refractivity contribution < 1.29 is 27.1 Å². The van der Waals surface area contributed by atoms with E-state index in [0.717, 1.165) is 0 Å². The van der Waals surface area contributed by atoms with Crippen molar-refractivity contribution in [3.63, 3.8) is 0 Å². The average Bonchev–Trinajstić information content (AvgIpc) is 3.14. The summed E-state index contributed by atoms with van der Waals surface area (Å²) in [6, 6.07) is 8.91. The number of ether oxygens (including phenoxy) is 1. The maximum absolute atomic E-state index is 15.3.